The number of fused-ring (bicyclic) bond motifs is 2. The highest BCUT2D eigenvalue weighted by Gasteiger charge is 2.27. The van der Waals surface area contributed by atoms with E-state index in [1.807, 2.05) is 24.3 Å². The van der Waals surface area contributed by atoms with Crippen LogP contribution < -0.4 is 9.64 Å². The first-order chi connectivity index (χ1) is 14.5. The van der Waals surface area contributed by atoms with Gasteiger partial charge in [0.15, 0.2) is 9.84 Å². The number of aromatic nitrogens is 1. The lowest BCUT2D eigenvalue weighted by Crippen LogP contribution is -2.26. The van der Waals surface area contributed by atoms with Gasteiger partial charge in [0.05, 0.1) is 22.3 Å². The Kier molecular flexibility index (Phi) is 4.89. The lowest BCUT2D eigenvalue weighted by molar-refractivity contribution is 0.212. The molecule has 1 aliphatic heterocycles. The van der Waals surface area contributed by atoms with Gasteiger partial charge in [-0.3, -0.25) is 0 Å². The van der Waals surface area contributed by atoms with Crippen LogP contribution in [0, 0.1) is 6.92 Å². The maximum atomic E-state index is 12.7. The van der Waals surface area contributed by atoms with Crippen molar-refractivity contribution in [1.29, 1.82) is 0 Å². The van der Waals surface area contributed by atoms with Crippen LogP contribution in [0.4, 0.5) is 5.82 Å². The van der Waals surface area contributed by atoms with Gasteiger partial charge in [-0.2, -0.15) is 0 Å². The van der Waals surface area contributed by atoms with Crippen LogP contribution in [0.15, 0.2) is 53.4 Å². The third-order valence-corrected chi connectivity index (χ3v) is 7.92. The van der Waals surface area contributed by atoms with Gasteiger partial charge in [0.2, 0.25) is 0 Å². The molecule has 0 amide bonds. The number of anilines is 1. The van der Waals surface area contributed by atoms with Gasteiger partial charge in [0, 0.05) is 24.5 Å². The van der Waals surface area contributed by atoms with Crippen molar-refractivity contribution in [2.24, 2.45) is 0 Å². The first-order valence-electron chi connectivity index (χ1n) is 10.6. The highest BCUT2D eigenvalue weighted by molar-refractivity contribution is 7.91. The Morgan fingerprint density at radius 2 is 1.87 bits per heavy atom. The van der Waals surface area contributed by atoms with Crippen LogP contribution in [0.2, 0.25) is 0 Å². The fraction of sp³-hybridized carbons (Fsp3) is 0.375. The van der Waals surface area contributed by atoms with Crippen LogP contribution in [0.25, 0.3) is 10.9 Å². The molecular formula is C24H26N2O3S. The van der Waals surface area contributed by atoms with Crippen LogP contribution >= 0.6 is 0 Å². The van der Waals surface area contributed by atoms with Gasteiger partial charge >= 0.3 is 0 Å². The Morgan fingerprint density at radius 1 is 1.07 bits per heavy atom. The van der Waals surface area contributed by atoms with Crippen LogP contribution in [-0.2, 0) is 16.4 Å². The second-order valence-electron chi connectivity index (χ2n) is 8.37. The van der Waals surface area contributed by atoms with Gasteiger partial charge in [-0.05, 0) is 56.4 Å². The monoisotopic (exact) mass is 422 g/mol. The molecule has 2 aromatic carbocycles. The Morgan fingerprint density at radius 3 is 2.70 bits per heavy atom. The zero-order chi connectivity index (χ0) is 20.7. The van der Waals surface area contributed by atoms with E-state index in [1.54, 1.807) is 12.1 Å². The molecule has 5 nitrogen and oxygen atoms in total. The second kappa shape index (κ2) is 7.58. The standard InChI is InChI=1S/C24H26N2O3S/c1-17-10-11-21-20(14-17)22(29-19-7-3-4-8-19)15-24(25-21)26-12-13-30(27,28)23-9-5-2-6-18(23)16-26/h2,5-6,9-11,14-15,19H,3-4,7-8,12-13,16H2,1H3. The van der Waals surface area contributed by atoms with Gasteiger partial charge in [-0.1, -0.05) is 29.8 Å². The summed E-state index contributed by atoms with van der Waals surface area (Å²) >= 11 is 0. The third-order valence-electron chi connectivity index (χ3n) is 6.13. The quantitative estimate of drug-likeness (QED) is 0.614. The molecule has 2 aliphatic rings. The minimum Gasteiger partial charge on any atom is -0.490 e. The van der Waals surface area contributed by atoms with Crippen molar-refractivity contribution in [3.63, 3.8) is 0 Å². The van der Waals surface area contributed by atoms with Crippen molar-refractivity contribution >= 4 is 26.6 Å². The van der Waals surface area contributed by atoms with Crippen LogP contribution in [0.1, 0.15) is 36.8 Å². The summed E-state index contributed by atoms with van der Waals surface area (Å²) in [6.07, 6.45) is 4.83. The summed E-state index contributed by atoms with van der Waals surface area (Å²) in [4.78, 5) is 7.38. The fourth-order valence-corrected chi connectivity index (χ4v) is 6.00. The molecule has 0 atom stereocenters. The number of ether oxygens (including phenoxy) is 1. The van der Waals surface area contributed by atoms with Gasteiger partial charge in [-0.25, -0.2) is 13.4 Å². The molecule has 1 aromatic heterocycles. The molecule has 0 bridgehead atoms. The Balaban J connectivity index is 1.58. The van der Waals surface area contributed by atoms with E-state index in [0.29, 0.717) is 18.0 Å². The van der Waals surface area contributed by atoms with E-state index < -0.39 is 9.84 Å². The summed E-state index contributed by atoms with van der Waals surface area (Å²) in [6, 6.07) is 15.5. The van der Waals surface area contributed by atoms with E-state index in [4.69, 9.17) is 9.72 Å². The molecule has 6 heteroatoms. The molecule has 5 rings (SSSR count). The average molecular weight is 423 g/mol. The number of pyridine rings is 1. The molecule has 1 fully saturated rings. The zero-order valence-electron chi connectivity index (χ0n) is 17.2. The minimum atomic E-state index is -3.30. The topological polar surface area (TPSA) is 59.5 Å². The molecule has 0 radical (unpaired) electrons. The van der Waals surface area contributed by atoms with Crippen LogP contribution in [-0.4, -0.2) is 31.8 Å². The van der Waals surface area contributed by atoms with Gasteiger partial charge in [0.1, 0.15) is 11.6 Å². The molecule has 0 saturated heterocycles. The molecule has 0 spiro atoms. The zero-order valence-corrected chi connectivity index (χ0v) is 18.0. The highest BCUT2D eigenvalue weighted by Crippen LogP contribution is 2.34. The van der Waals surface area contributed by atoms with E-state index in [1.165, 1.54) is 18.4 Å². The highest BCUT2D eigenvalue weighted by atomic mass is 32.2. The predicted molar refractivity (Wildman–Crippen MR) is 119 cm³/mol. The summed E-state index contributed by atoms with van der Waals surface area (Å²) in [6.45, 7) is 3.00. The number of sulfone groups is 1. The molecule has 0 N–H and O–H groups in total. The lowest BCUT2D eigenvalue weighted by atomic mass is 10.1. The number of benzene rings is 2. The van der Waals surface area contributed by atoms with Crippen molar-refractivity contribution < 1.29 is 13.2 Å². The summed E-state index contributed by atoms with van der Waals surface area (Å²) in [5, 5.41) is 1.02. The number of hydrogen-bond acceptors (Lipinski definition) is 5. The van der Waals surface area contributed by atoms with Gasteiger partial charge in [0.25, 0.3) is 0 Å². The first-order valence-corrected chi connectivity index (χ1v) is 12.3. The molecule has 1 saturated carbocycles. The van der Waals surface area contributed by atoms with E-state index in [2.05, 4.69) is 24.0 Å². The maximum Gasteiger partial charge on any atom is 0.180 e. The van der Waals surface area contributed by atoms with Crippen molar-refractivity contribution in [1.82, 2.24) is 4.98 Å². The van der Waals surface area contributed by atoms with Crippen molar-refractivity contribution in [3.8, 4) is 5.75 Å². The summed E-state index contributed by atoms with van der Waals surface area (Å²) in [5.41, 5.74) is 2.87. The molecule has 156 valence electrons. The van der Waals surface area contributed by atoms with E-state index in [0.717, 1.165) is 40.9 Å². The van der Waals surface area contributed by atoms with Crippen molar-refractivity contribution in [2.45, 2.75) is 50.2 Å². The summed E-state index contributed by atoms with van der Waals surface area (Å²) in [5.74, 6) is 1.70. The van der Waals surface area contributed by atoms with Crippen LogP contribution in [0.5, 0.6) is 5.75 Å². The molecule has 0 unspecified atom stereocenters. The summed E-state index contributed by atoms with van der Waals surface area (Å²) in [7, 11) is -3.30. The molecule has 1 aliphatic carbocycles. The predicted octanol–water partition coefficient (Wildman–Crippen LogP) is 4.66. The molecule has 30 heavy (non-hydrogen) atoms. The van der Waals surface area contributed by atoms with Gasteiger partial charge < -0.3 is 9.64 Å². The third kappa shape index (κ3) is 3.65. The minimum absolute atomic E-state index is 0.0798. The summed E-state index contributed by atoms with van der Waals surface area (Å²) < 4.78 is 31.9. The molecule has 2 heterocycles. The van der Waals surface area contributed by atoms with E-state index in [9.17, 15) is 8.42 Å². The molecule has 3 aromatic rings. The largest absolute Gasteiger partial charge is 0.490 e. The lowest BCUT2D eigenvalue weighted by Gasteiger charge is -2.24. The Hall–Kier alpha value is -2.60. The van der Waals surface area contributed by atoms with Crippen LogP contribution in [0.3, 0.4) is 0 Å². The molecular weight excluding hydrogens is 396 g/mol. The number of rotatable bonds is 3. The second-order valence-corrected chi connectivity index (χ2v) is 10.4. The SMILES string of the molecule is Cc1ccc2nc(N3CCS(=O)(=O)c4ccccc4C3)cc(OC3CCCC3)c2c1. The van der Waals surface area contributed by atoms with Crippen molar-refractivity contribution in [3.05, 3.63) is 59.7 Å². The average Bonchev–Trinajstić information content (AvgIpc) is 3.20. The first kappa shape index (κ1) is 19.4. The number of nitrogens with zero attached hydrogens (tertiary/aromatic N) is 2. The maximum absolute atomic E-state index is 12.7. The van der Waals surface area contributed by atoms with E-state index >= 15 is 0 Å². The Labute approximate surface area is 177 Å². The Bertz CT molecular complexity index is 1200. The number of aryl methyl sites for hydroxylation is 1. The normalized spacial score (nSPS) is 18.9. The van der Waals surface area contributed by atoms with Gasteiger partial charge in [-0.15, -0.1) is 0 Å². The van der Waals surface area contributed by atoms with E-state index in [-0.39, 0.29) is 11.9 Å². The van der Waals surface area contributed by atoms with Crippen molar-refractivity contribution in [2.75, 3.05) is 17.2 Å². The fourth-order valence-electron chi connectivity index (χ4n) is 4.50. The number of hydrogen-bond donors (Lipinski definition) is 0. The smallest absolute Gasteiger partial charge is 0.180 e.